The summed E-state index contributed by atoms with van der Waals surface area (Å²) in [6.45, 7) is 2.78. The van der Waals surface area contributed by atoms with Crippen molar-refractivity contribution in [2.75, 3.05) is 20.6 Å². The van der Waals surface area contributed by atoms with Crippen molar-refractivity contribution in [1.82, 2.24) is 25.1 Å². The molecule has 16 heavy (non-hydrogen) atoms. The fraction of sp³-hybridized carbons (Fsp3) is 0.778. The smallest absolute Gasteiger partial charge is 0.308 e. The Kier molecular flexibility index (Phi) is 4.36. The third-order valence-corrected chi connectivity index (χ3v) is 2.26. The fourth-order valence-electron chi connectivity index (χ4n) is 1.21. The van der Waals surface area contributed by atoms with Gasteiger partial charge in [-0.15, -0.1) is 5.10 Å². The normalized spacial score (nSPS) is 13.0. The maximum Gasteiger partial charge on any atom is 0.308 e. The van der Waals surface area contributed by atoms with E-state index in [1.54, 1.807) is 11.6 Å². The summed E-state index contributed by atoms with van der Waals surface area (Å²) in [5.41, 5.74) is 0. The Balaban J connectivity index is 2.60. The zero-order chi connectivity index (χ0) is 12.1. The van der Waals surface area contributed by atoms with Gasteiger partial charge in [0.05, 0.1) is 12.5 Å². The molecule has 7 heteroatoms. The van der Waals surface area contributed by atoms with Crippen molar-refractivity contribution in [2.45, 2.75) is 19.9 Å². The number of rotatable bonds is 6. The van der Waals surface area contributed by atoms with Gasteiger partial charge in [0.1, 0.15) is 0 Å². The van der Waals surface area contributed by atoms with Crippen molar-refractivity contribution in [3.05, 3.63) is 5.82 Å². The number of hydrogen-bond acceptors (Lipinski definition) is 5. The van der Waals surface area contributed by atoms with E-state index in [1.807, 2.05) is 19.0 Å². The number of hydrogen-bond donors (Lipinski definition) is 1. The van der Waals surface area contributed by atoms with Crippen LogP contribution in [0.1, 0.15) is 12.7 Å². The standard InChI is InChI=1S/C9H17N5O2/c1-7(9(15)16)6-14-8(10-11-12-14)4-5-13(2)3/h7H,4-6H2,1-3H3,(H,15,16). The van der Waals surface area contributed by atoms with E-state index in [0.29, 0.717) is 13.0 Å². The Bertz CT molecular complexity index is 349. The molecule has 1 rings (SSSR count). The Morgan fingerprint density at radius 3 is 2.81 bits per heavy atom. The van der Waals surface area contributed by atoms with Gasteiger partial charge in [0.2, 0.25) is 0 Å². The van der Waals surface area contributed by atoms with Crippen LogP contribution in [0.15, 0.2) is 0 Å². The van der Waals surface area contributed by atoms with Gasteiger partial charge < -0.3 is 10.0 Å². The lowest BCUT2D eigenvalue weighted by Crippen LogP contribution is -2.22. The van der Waals surface area contributed by atoms with Crippen molar-refractivity contribution in [1.29, 1.82) is 0 Å². The van der Waals surface area contributed by atoms with Crippen LogP contribution < -0.4 is 0 Å². The molecular weight excluding hydrogens is 210 g/mol. The lowest BCUT2D eigenvalue weighted by molar-refractivity contribution is -0.141. The average Bonchev–Trinajstić information content (AvgIpc) is 2.62. The summed E-state index contributed by atoms with van der Waals surface area (Å²) in [7, 11) is 3.93. The van der Waals surface area contributed by atoms with Gasteiger partial charge in [0.25, 0.3) is 0 Å². The molecule has 0 aliphatic heterocycles. The molecule has 7 nitrogen and oxygen atoms in total. The maximum absolute atomic E-state index is 10.7. The molecule has 0 fully saturated rings. The number of aromatic nitrogens is 4. The van der Waals surface area contributed by atoms with Gasteiger partial charge in [-0.1, -0.05) is 6.92 Å². The quantitative estimate of drug-likeness (QED) is 0.705. The number of aliphatic carboxylic acids is 1. The molecule has 0 bridgehead atoms. The zero-order valence-electron chi connectivity index (χ0n) is 9.79. The number of tetrazole rings is 1. The summed E-state index contributed by atoms with van der Waals surface area (Å²) in [5, 5.41) is 20.0. The largest absolute Gasteiger partial charge is 0.481 e. The molecule has 0 radical (unpaired) electrons. The number of carbonyl (C=O) groups is 1. The lowest BCUT2D eigenvalue weighted by atomic mass is 10.2. The van der Waals surface area contributed by atoms with E-state index in [-0.39, 0.29) is 0 Å². The molecule has 1 unspecified atom stereocenters. The summed E-state index contributed by atoms with van der Waals surface area (Å²) in [4.78, 5) is 12.7. The van der Waals surface area contributed by atoms with E-state index in [9.17, 15) is 4.79 Å². The molecule has 1 aromatic heterocycles. The first-order valence-corrected chi connectivity index (χ1v) is 5.13. The fourth-order valence-corrected chi connectivity index (χ4v) is 1.21. The highest BCUT2D eigenvalue weighted by Crippen LogP contribution is 2.02. The molecule has 0 amide bonds. The first kappa shape index (κ1) is 12.6. The third-order valence-electron chi connectivity index (χ3n) is 2.26. The molecule has 0 saturated carbocycles. The molecule has 90 valence electrons. The van der Waals surface area contributed by atoms with Crippen LogP contribution in [0, 0.1) is 5.92 Å². The number of carboxylic acid groups (broad SMARTS) is 1. The van der Waals surface area contributed by atoms with Crippen LogP contribution >= 0.6 is 0 Å². The van der Waals surface area contributed by atoms with Crippen molar-refractivity contribution in [3.8, 4) is 0 Å². The summed E-state index contributed by atoms with van der Waals surface area (Å²) >= 11 is 0. The first-order valence-electron chi connectivity index (χ1n) is 5.13. The molecule has 0 saturated heterocycles. The highest BCUT2D eigenvalue weighted by molar-refractivity contribution is 5.69. The minimum absolute atomic E-state index is 0.311. The molecule has 0 aliphatic rings. The van der Waals surface area contributed by atoms with E-state index in [2.05, 4.69) is 15.5 Å². The molecule has 0 aromatic carbocycles. The van der Waals surface area contributed by atoms with Gasteiger partial charge in [-0.05, 0) is 24.5 Å². The molecule has 1 heterocycles. The Morgan fingerprint density at radius 2 is 2.25 bits per heavy atom. The molecule has 0 aliphatic carbocycles. The van der Waals surface area contributed by atoms with Crippen LogP contribution in [0.4, 0.5) is 0 Å². The predicted molar refractivity (Wildman–Crippen MR) is 56.9 cm³/mol. The van der Waals surface area contributed by atoms with Crippen LogP contribution in [-0.2, 0) is 17.8 Å². The zero-order valence-corrected chi connectivity index (χ0v) is 9.79. The van der Waals surface area contributed by atoms with E-state index < -0.39 is 11.9 Å². The Hall–Kier alpha value is -1.50. The van der Waals surface area contributed by atoms with Crippen LogP contribution in [-0.4, -0.2) is 56.8 Å². The van der Waals surface area contributed by atoms with Crippen LogP contribution in [0.3, 0.4) is 0 Å². The third kappa shape index (κ3) is 3.58. The second kappa shape index (κ2) is 5.55. The molecule has 1 N–H and O–H groups in total. The van der Waals surface area contributed by atoms with E-state index in [1.165, 1.54) is 0 Å². The maximum atomic E-state index is 10.7. The molecular formula is C9H17N5O2. The van der Waals surface area contributed by atoms with Gasteiger partial charge in [0.15, 0.2) is 5.82 Å². The van der Waals surface area contributed by atoms with Crippen LogP contribution in [0.5, 0.6) is 0 Å². The highest BCUT2D eigenvalue weighted by atomic mass is 16.4. The van der Waals surface area contributed by atoms with Gasteiger partial charge in [0, 0.05) is 13.0 Å². The topological polar surface area (TPSA) is 84.1 Å². The van der Waals surface area contributed by atoms with Crippen LogP contribution in [0.25, 0.3) is 0 Å². The van der Waals surface area contributed by atoms with Crippen molar-refractivity contribution in [3.63, 3.8) is 0 Å². The second-order valence-corrected chi connectivity index (χ2v) is 4.07. The highest BCUT2D eigenvalue weighted by Gasteiger charge is 2.15. The number of nitrogens with zero attached hydrogens (tertiary/aromatic N) is 5. The van der Waals surface area contributed by atoms with Gasteiger partial charge in [-0.2, -0.15) is 0 Å². The second-order valence-electron chi connectivity index (χ2n) is 4.07. The summed E-state index contributed by atoms with van der Waals surface area (Å²) in [6, 6.07) is 0. The predicted octanol–water partition coefficient (Wildman–Crippen LogP) is -0.502. The van der Waals surface area contributed by atoms with Gasteiger partial charge in [-0.25, -0.2) is 4.68 Å². The summed E-state index contributed by atoms with van der Waals surface area (Å²) in [6.07, 6.45) is 0.715. The lowest BCUT2D eigenvalue weighted by Gasteiger charge is -2.10. The minimum Gasteiger partial charge on any atom is -0.481 e. The van der Waals surface area contributed by atoms with Gasteiger partial charge >= 0.3 is 5.97 Å². The number of likely N-dealkylation sites (N-methyl/N-ethyl adjacent to an activating group) is 1. The van der Waals surface area contributed by atoms with Crippen molar-refractivity contribution in [2.24, 2.45) is 5.92 Å². The summed E-state index contributed by atoms with van der Waals surface area (Å²) < 4.78 is 1.56. The first-order chi connectivity index (χ1) is 7.50. The van der Waals surface area contributed by atoms with E-state index in [0.717, 1.165) is 12.4 Å². The molecule has 1 aromatic rings. The molecule has 0 spiro atoms. The van der Waals surface area contributed by atoms with E-state index >= 15 is 0 Å². The van der Waals surface area contributed by atoms with E-state index in [4.69, 9.17) is 5.11 Å². The van der Waals surface area contributed by atoms with Crippen LogP contribution in [0.2, 0.25) is 0 Å². The Labute approximate surface area is 94.0 Å². The Morgan fingerprint density at radius 1 is 1.56 bits per heavy atom. The number of carboxylic acids is 1. The van der Waals surface area contributed by atoms with Gasteiger partial charge in [-0.3, -0.25) is 4.79 Å². The molecule has 1 atom stereocenters. The summed E-state index contributed by atoms with van der Waals surface area (Å²) in [5.74, 6) is -0.600. The monoisotopic (exact) mass is 227 g/mol. The average molecular weight is 227 g/mol. The van der Waals surface area contributed by atoms with Crippen molar-refractivity contribution >= 4 is 5.97 Å². The van der Waals surface area contributed by atoms with Crippen molar-refractivity contribution < 1.29 is 9.90 Å². The minimum atomic E-state index is -0.839. The SMILES string of the molecule is CC(Cn1nnnc1CCN(C)C)C(=O)O.